The maximum absolute atomic E-state index is 12.5. The number of fused-ring (bicyclic) bond motifs is 2. The zero-order chi connectivity index (χ0) is 16.4. The summed E-state index contributed by atoms with van der Waals surface area (Å²) in [5, 5.41) is 3.19. The van der Waals surface area contributed by atoms with Gasteiger partial charge >= 0.3 is 0 Å². The van der Waals surface area contributed by atoms with Crippen molar-refractivity contribution in [3.63, 3.8) is 0 Å². The molecule has 0 aromatic heterocycles. The highest BCUT2D eigenvalue weighted by molar-refractivity contribution is 5.80. The minimum atomic E-state index is 0.0778. The van der Waals surface area contributed by atoms with Gasteiger partial charge in [0, 0.05) is 45.3 Å². The van der Waals surface area contributed by atoms with Crippen molar-refractivity contribution < 1.29 is 4.79 Å². The Morgan fingerprint density at radius 3 is 2.43 bits per heavy atom. The smallest absolute Gasteiger partial charge is 0.224 e. The minimum absolute atomic E-state index is 0.0778. The summed E-state index contributed by atoms with van der Waals surface area (Å²) in [6.45, 7) is 12.2. The normalized spacial score (nSPS) is 36.3. The number of carbonyl (C=O) groups excluding carboxylic acids is 1. The van der Waals surface area contributed by atoms with Crippen molar-refractivity contribution in [2.45, 2.75) is 39.2 Å². The van der Waals surface area contributed by atoms with Gasteiger partial charge in [0.15, 0.2) is 0 Å². The lowest BCUT2D eigenvalue weighted by Crippen LogP contribution is -2.49. The van der Waals surface area contributed by atoms with Crippen molar-refractivity contribution in [2.75, 3.05) is 45.8 Å². The lowest BCUT2D eigenvalue weighted by atomic mass is 9.84. The molecule has 0 radical (unpaired) electrons. The van der Waals surface area contributed by atoms with E-state index in [1.807, 2.05) is 0 Å². The fourth-order valence-corrected chi connectivity index (χ4v) is 4.91. The van der Waals surface area contributed by atoms with Crippen LogP contribution in [0.25, 0.3) is 0 Å². The van der Waals surface area contributed by atoms with Crippen LogP contribution in [0.4, 0.5) is 0 Å². The van der Waals surface area contributed by atoms with Gasteiger partial charge in [-0.25, -0.2) is 0 Å². The van der Waals surface area contributed by atoms with Crippen LogP contribution in [0.5, 0.6) is 0 Å². The Kier molecular flexibility index (Phi) is 5.60. The Labute approximate surface area is 140 Å². The highest BCUT2D eigenvalue weighted by atomic mass is 16.1. The molecule has 3 rings (SSSR count). The van der Waals surface area contributed by atoms with Gasteiger partial charge in [-0.3, -0.25) is 4.79 Å². The lowest BCUT2D eigenvalue weighted by Gasteiger charge is -2.35. The van der Waals surface area contributed by atoms with Crippen LogP contribution in [-0.2, 0) is 4.79 Å². The van der Waals surface area contributed by atoms with E-state index in [-0.39, 0.29) is 17.9 Å². The van der Waals surface area contributed by atoms with Crippen molar-refractivity contribution >= 4 is 5.91 Å². The number of hydrogen-bond acceptors (Lipinski definition) is 4. The van der Waals surface area contributed by atoms with Gasteiger partial charge in [-0.05, 0) is 43.6 Å². The van der Waals surface area contributed by atoms with Gasteiger partial charge in [0.1, 0.15) is 0 Å². The molecule has 0 spiro atoms. The molecule has 5 atom stereocenters. The van der Waals surface area contributed by atoms with E-state index in [0.717, 1.165) is 32.7 Å². The van der Waals surface area contributed by atoms with Crippen LogP contribution in [0.2, 0.25) is 0 Å². The van der Waals surface area contributed by atoms with Crippen LogP contribution in [0, 0.1) is 23.7 Å². The van der Waals surface area contributed by atoms with Crippen LogP contribution in [0.15, 0.2) is 0 Å². The van der Waals surface area contributed by atoms with E-state index in [2.05, 4.69) is 29.0 Å². The monoisotopic (exact) mass is 322 g/mol. The molecule has 3 aliphatic rings. The first kappa shape index (κ1) is 17.2. The molecule has 0 aromatic carbocycles. The number of nitrogens with zero attached hydrogens (tertiary/aromatic N) is 2. The molecule has 1 saturated heterocycles. The van der Waals surface area contributed by atoms with E-state index in [4.69, 9.17) is 5.73 Å². The van der Waals surface area contributed by atoms with E-state index in [0.29, 0.717) is 17.8 Å². The van der Waals surface area contributed by atoms with Crippen LogP contribution in [-0.4, -0.2) is 67.6 Å². The molecule has 132 valence electrons. The predicted molar refractivity (Wildman–Crippen MR) is 93.0 cm³/mol. The summed E-state index contributed by atoms with van der Waals surface area (Å²) >= 11 is 0. The molecule has 1 amide bonds. The van der Waals surface area contributed by atoms with Crippen LogP contribution in [0.3, 0.4) is 0 Å². The third kappa shape index (κ3) is 3.89. The molecule has 3 fully saturated rings. The molecule has 2 bridgehead atoms. The molecule has 0 aromatic rings. The van der Waals surface area contributed by atoms with E-state index < -0.39 is 0 Å². The lowest BCUT2D eigenvalue weighted by molar-refractivity contribution is -0.127. The van der Waals surface area contributed by atoms with Crippen molar-refractivity contribution in [1.29, 1.82) is 0 Å². The average Bonchev–Trinajstić information content (AvgIpc) is 3.14. The Morgan fingerprint density at radius 1 is 1.17 bits per heavy atom. The fourth-order valence-electron chi connectivity index (χ4n) is 4.91. The second-order valence-corrected chi connectivity index (χ2v) is 8.02. The number of nitrogens with one attached hydrogen (secondary N) is 1. The molecule has 23 heavy (non-hydrogen) atoms. The molecule has 2 saturated carbocycles. The molecule has 5 unspecified atom stereocenters. The third-order valence-electron chi connectivity index (χ3n) is 6.39. The first-order chi connectivity index (χ1) is 11.1. The summed E-state index contributed by atoms with van der Waals surface area (Å²) in [5.41, 5.74) is 6.27. The van der Waals surface area contributed by atoms with E-state index in [1.54, 1.807) is 0 Å². The third-order valence-corrected chi connectivity index (χ3v) is 6.39. The molecule has 5 nitrogen and oxygen atoms in total. The first-order valence-corrected chi connectivity index (χ1v) is 9.56. The van der Waals surface area contributed by atoms with E-state index >= 15 is 0 Å². The summed E-state index contributed by atoms with van der Waals surface area (Å²) in [4.78, 5) is 17.5. The van der Waals surface area contributed by atoms with Gasteiger partial charge < -0.3 is 20.9 Å². The highest BCUT2D eigenvalue weighted by Gasteiger charge is 2.48. The van der Waals surface area contributed by atoms with Gasteiger partial charge in [0.25, 0.3) is 0 Å². The van der Waals surface area contributed by atoms with Gasteiger partial charge in [0.2, 0.25) is 5.91 Å². The Hall–Kier alpha value is -0.650. The first-order valence-electron chi connectivity index (χ1n) is 9.56. The predicted octanol–water partition coefficient (Wildman–Crippen LogP) is 0.750. The SMILES string of the molecule is CCN1CCN(CC(C)CNC(=O)C2C3CCC(C3)C2N)CC1. The number of nitrogens with two attached hydrogens (primary N) is 1. The molecule has 5 heteroatoms. The largest absolute Gasteiger partial charge is 0.355 e. The summed E-state index contributed by atoms with van der Waals surface area (Å²) in [6.07, 6.45) is 3.61. The standard InChI is InChI=1S/C18H34N4O/c1-3-21-6-8-22(9-7-21)12-13(2)11-20-18(23)16-14-4-5-15(10-14)17(16)19/h13-17H,3-12,19H2,1-2H3,(H,20,23). The average molecular weight is 322 g/mol. The van der Waals surface area contributed by atoms with Crippen LogP contribution >= 0.6 is 0 Å². The van der Waals surface area contributed by atoms with Crippen molar-refractivity contribution in [1.82, 2.24) is 15.1 Å². The highest BCUT2D eigenvalue weighted by Crippen LogP contribution is 2.47. The molecule has 2 aliphatic carbocycles. The van der Waals surface area contributed by atoms with Crippen LogP contribution in [0.1, 0.15) is 33.1 Å². The fraction of sp³-hybridized carbons (Fsp3) is 0.944. The van der Waals surface area contributed by atoms with Gasteiger partial charge in [0.05, 0.1) is 5.92 Å². The number of carbonyl (C=O) groups is 1. The van der Waals surface area contributed by atoms with Crippen molar-refractivity contribution in [3.05, 3.63) is 0 Å². The number of likely N-dealkylation sites (N-methyl/N-ethyl adjacent to an activating group) is 1. The Morgan fingerprint density at radius 2 is 1.83 bits per heavy atom. The molecule has 3 N–H and O–H groups in total. The Balaban J connectivity index is 1.37. The zero-order valence-electron chi connectivity index (χ0n) is 14.8. The zero-order valence-corrected chi connectivity index (χ0v) is 14.8. The number of piperazine rings is 1. The second kappa shape index (κ2) is 7.49. The molecular formula is C18H34N4O. The summed E-state index contributed by atoms with van der Waals surface area (Å²) < 4.78 is 0. The molecule has 1 aliphatic heterocycles. The summed E-state index contributed by atoms with van der Waals surface area (Å²) in [5.74, 6) is 1.94. The second-order valence-electron chi connectivity index (χ2n) is 8.02. The van der Waals surface area contributed by atoms with Gasteiger partial charge in [-0.2, -0.15) is 0 Å². The number of amides is 1. The quantitative estimate of drug-likeness (QED) is 0.757. The minimum Gasteiger partial charge on any atom is -0.355 e. The molecule has 1 heterocycles. The maximum atomic E-state index is 12.5. The summed E-state index contributed by atoms with van der Waals surface area (Å²) in [7, 11) is 0. The topological polar surface area (TPSA) is 61.6 Å². The maximum Gasteiger partial charge on any atom is 0.224 e. The Bertz CT molecular complexity index is 406. The summed E-state index contributed by atoms with van der Waals surface area (Å²) in [6, 6.07) is 0.103. The van der Waals surface area contributed by atoms with Crippen molar-refractivity contribution in [2.24, 2.45) is 29.4 Å². The van der Waals surface area contributed by atoms with Crippen molar-refractivity contribution in [3.8, 4) is 0 Å². The van der Waals surface area contributed by atoms with Crippen LogP contribution < -0.4 is 11.1 Å². The van der Waals surface area contributed by atoms with E-state index in [9.17, 15) is 4.79 Å². The number of hydrogen-bond donors (Lipinski definition) is 2. The van der Waals surface area contributed by atoms with E-state index in [1.165, 1.54) is 32.4 Å². The number of rotatable bonds is 6. The van der Waals surface area contributed by atoms with Gasteiger partial charge in [-0.15, -0.1) is 0 Å². The molecular weight excluding hydrogens is 288 g/mol. The van der Waals surface area contributed by atoms with Gasteiger partial charge in [-0.1, -0.05) is 13.8 Å².